The minimum absolute atomic E-state index is 0.252. The van der Waals surface area contributed by atoms with Crippen LogP contribution in [0.5, 0.6) is 0 Å². The van der Waals surface area contributed by atoms with Gasteiger partial charge in [0.05, 0.1) is 5.69 Å². The molecule has 2 unspecified atom stereocenters. The van der Waals surface area contributed by atoms with Gasteiger partial charge in [-0.15, -0.1) is 0 Å². The van der Waals surface area contributed by atoms with Gasteiger partial charge >= 0.3 is 0 Å². The normalized spacial score (nSPS) is 15.2. The molecule has 0 saturated carbocycles. The van der Waals surface area contributed by atoms with Crippen LogP contribution in [0.2, 0.25) is 0 Å². The second-order valence-corrected chi connectivity index (χ2v) is 5.16. The number of nitrogens with two attached hydrogens (primary N) is 1. The Balaban J connectivity index is 2.49. The summed E-state index contributed by atoms with van der Waals surface area (Å²) in [6.45, 7) is 8.31. The first-order valence-corrected chi connectivity index (χ1v) is 6.37. The van der Waals surface area contributed by atoms with E-state index in [4.69, 9.17) is 5.73 Å². The van der Waals surface area contributed by atoms with E-state index >= 15 is 0 Å². The largest absolute Gasteiger partial charge is 0.326 e. The minimum Gasteiger partial charge on any atom is -0.326 e. The van der Waals surface area contributed by atoms with Gasteiger partial charge in [0.25, 0.3) is 0 Å². The summed E-state index contributed by atoms with van der Waals surface area (Å²) in [6.07, 6.45) is 3.22. The van der Waals surface area contributed by atoms with Crippen molar-refractivity contribution in [2.24, 2.45) is 18.7 Å². The average molecular weight is 238 g/mol. The highest BCUT2D eigenvalue weighted by atomic mass is 15.3. The third kappa shape index (κ3) is 4.13. The third-order valence-corrected chi connectivity index (χ3v) is 3.45. The van der Waals surface area contributed by atoms with Crippen LogP contribution in [0.15, 0.2) is 6.20 Å². The summed E-state index contributed by atoms with van der Waals surface area (Å²) in [7, 11) is 4.08. The second kappa shape index (κ2) is 6.17. The molecule has 0 aliphatic carbocycles. The van der Waals surface area contributed by atoms with Crippen molar-refractivity contribution in [3.8, 4) is 0 Å². The smallest absolute Gasteiger partial charge is 0.0638 e. The third-order valence-electron chi connectivity index (χ3n) is 3.45. The monoisotopic (exact) mass is 238 g/mol. The zero-order valence-corrected chi connectivity index (χ0v) is 11.8. The lowest BCUT2D eigenvalue weighted by Gasteiger charge is -2.24. The number of likely N-dealkylation sites (N-methyl/N-ethyl adjacent to an activating group) is 1. The second-order valence-electron chi connectivity index (χ2n) is 5.16. The predicted octanol–water partition coefficient (Wildman–Crippen LogP) is 1.53. The molecule has 4 heteroatoms. The van der Waals surface area contributed by atoms with E-state index in [1.807, 2.05) is 11.7 Å². The van der Waals surface area contributed by atoms with Gasteiger partial charge in [-0.25, -0.2) is 0 Å². The Morgan fingerprint density at radius 3 is 2.65 bits per heavy atom. The maximum absolute atomic E-state index is 6.16. The van der Waals surface area contributed by atoms with E-state index in [0.717, 1.165) is 25.2 Å². The molecule has 4 nitrogen and oxygen atoms in total. The first kappa shape index (κ1) is 14.2. The van der Waals surface area contributed by atoms with Gasteiger partial charge in [-0.1, -0.05) is 20.3 Å². The zero-order valence-electron chi connectivity index (χ0n) is 11.8. The lowest BCUT2D eigenvalue weighted by molar-refractivity contribution is 0.267. The summed E-state index contributed by atoms with van der Waals surface area (Å²) in [5.41, 5.74) is 8.55. The molecule has 1 aromatic rings. The highest BCUT2D eigenvalue weighted by Crippen LogP contribution is 2.10. The number of aromatic nitrogens is 2. The molecule has 0 aliphatic heterocycles. The summed E-state index contributed by atoms with van der Waals surface area (Å²) in [5, 5.41) is 4.35. The van der Waals surface area contributed by atoms with Crippen molar-refractivity contribution in [2.75, 3.05) is 13.6 Å². The van der Waals surface area contributed by atoms with Crippen LogP contribution < -0.4 is 5.73 Å². The summed E-state index contributed by atoms with van der Waals surface area (Å²) in [4.78, 5) is 2.28. The molecule has 0 aromatic carbocycles. The maximum Gasteiger partial charge on any atom is 0.0638 e. The molecule has 98 valence electrons. The maximum atomic E-state index is 6.16. The van der Waals surface area contributed by atoms with Gasteiger partial charge in [0.2, 0.25) is 0 Å². The van der Waals surface area contributed by atoms with E-state index in [1.54, 1.807) is 0 Å². The van der Waals surface area contributed by atoms with Crippen LogP contribution in [0.1, 0.15) is 31.5 Å². The van der Waals surface area contributed by atoms with Crippen LogP contribution in [0.4, 0.5) is 0 Å². The van der Waals surface area contributed by atoms with Crippen LogP contribution in [-0.2, 0) is 13.6 Å². The Labute approximate surface area is 105 Å². The molecule has 0 aliphatic rings. The number of aryl methyl sites for hydroxylation is 2. The van der Waals surface area contributed by atoms with Crippen molar-refractivity contribution in [3.63, 3.8) is 0 Å². The molecule has 0 spiro atoms. The summed E-state index contributed by atoms with van der Waals surface area (Å²) >= 11 is 0. The van der Waals surface area contributed by atoms with Crippen molar-refractivity contribution in [3.05, 3.63) is 17.5 Å². The fraction of sp³-hybridized carbons (Fsp3) is 0.769. The van der Waals surface area contributed by atoms with Gasteiger partial charge in [-0.2, -0.15) is 5.10 Å². The van der Waals surface area contributed by atoms with E-state index in [2.05, 4.69) is 44.0 Å². The van der Waals surface area contributed by atoms with Crippen LogP contribution >= 0.6 is 0 Å². The predicted molar refractivity (Wildman–Crippen MR) is 71.7 cm³/mol. The molecule has 0 fully saturated rings. The Kier molecular flexibility index (Phi) is 5.15. The topological polar surface area (TPSA) is 47.1 Å². The van der Waals surface area contributed by atoms with Gasteiger partial charge < -0.3 is 10.6 Å². The number of nitrogens with zero attached hydrogens (tertiary/aromatic N) is 3. The van der Waals surface area contributed by atoms with Crippen molar-refractivity contribution in [1.29, 1.82) is 0 Å². The molecule has 17 heavy (non-hydrogen) atoms. The molecule has 2 atom stereocenters. The van der Waals surface area contributed by atoms with Gasteiger partial charge in [0.1, 0.15) is 0 Å². The molecule has 0 saturated heterocycles. The minimum atomic E-state index is 0.252. The van der Waals surface area contributed by atoms with Crippen LogP contribution in [0.3, 0.4) is 0 Å². The number of hydrogen-bond donors (Lipinski definition) is 1. The first-order chi connectivity index (χ1) is 7.93. The fourth-order valence-electron chi connectivity index (χ4n) is 2.00. The molecule has 2 N–H and O–H groups in total. The Bertz CT molecular complexity index is 345. The zero-order chi connectivity index (χ0) is 13.0. The highest BCUT2D eigenvalue weighted by Gasteiger charge is 2.14. The standard InChI is InChI=1S/C13H26N4/c1-6-10(2)13(14)9-16(4)7-12-8-17(5)15-11(12)3/h8,10,13H,6-7,9,14H2,1-5H3. The average Bonchev–Trinajstić information content (AvgIpc) is 2.55. The lowest BCUT2D eigenvalue weighted by Crippen LogP contribution is -2.39. The highest BCUT2D eigenvalue weighted by molar-refractivity contribution is 5.14. The van der Waals surface area contributed by atoms with E-state index < -0.39 is 0 Å². The van der Waals surface area contributed by atoms with E-state index in [1.165, 1.54) is 5.56 Å². The first-order valence-electron chi connectivity index (χ1n) is 6.37. The molecule has 1 rings (SSSR count). The van der Waals surface area contributed by atoms with Crippen molar-refractivity contribution < 1.29 is 0 Å². The molecule has 0 radical (unpaired) electrons. The fourth-order valence-corrected chi connectivity index (χ4v) is 2.00. The molecule has 0 amide bonds. The lowest BCUT2D eigenvalue weighted by atomic mass is 10.00. The molecule has 0 bridgehead atoms. The molecular formula is C13H26N4. The van der Waals surface area contributed by atoms with E-state index in [9.17, 15) is 0 Å². The SMILES string of the molecule is CCC(C)C(N)CN(C)Cc1cn(C)nc1C. The van der Waals surface area contributed by atoms with E-state index in [-0.39, 0.29) is 6.04 Å². The number of hydrogen-bond acceptors (Lipinski definition) is 3. The van der Waals surface area contributed by atoms with Crippen LogP contribution in [0, 0.1) is 12.8 Å². The van der Waals surface area contributed by atoms with Gasteiger partial charge in [0.15, 0.2) is 0 Å². The molecule has 1 heterocycles. The number of rotatable bonds is 6. The van der Waals surface area contributed by atoms with E-state index in [0.29, 0.717) is 5.92 Å². The van der Waals surface area contributed by atoms with Gasteiger partial charge in [-0.05, 0) is 19.9 Å². The van der Waals surface area contributed by atoms with Crippen LogP contribution in [0.25, 0.3) is 0 Å². The summed E-state index contributed by atoms with van der Waals surface area (Å²) in [5.74, 6) is 0.576. The quantitative estimate of drug-likeness (QED) is 0.817. The molecule has 1 aromatic heterocycles. The van der Waals surface area contributed by atoms with Crippen molar-refractivity contribution in [1.82, 2.24) is 14.7 Å². The Morgan fingerprint density at radius 1 is 1.53 bits per heavy atom. The van der Waals surface area contributed by atoms with Crippen LogP contribution in [-0.4, -0.2) is 34.3 Å². The van der Waals surface area contributed by atoms with Crippen molar-refractivity contribution in [2.45, 2.75) is 39.8 Å². The van der Waals surface area contributed by atoms with Gasteiger partial charge in [0, 0.05) is 37.9 Å². The van der Waals surface area contributed by atoms with Gasteiger partial charge in [-0.3, -0.25) is 4.68 Å². The van der Waals surface area contributed by atoms with Crippen molar-refractivity contribution >= 4 is 0 Å². The Hall–Kier alpha value is -0.870. The molecular weight excluding hydrogens is 212 g/mol. The summed E-state index contributed by atoms with van der Waals surface area (Å²) in [6, 6.07) is 0.252. The summed E-state index contributed by atoms with van der Waals surface area (Å²) < 4.78 is 1.87. The Morgan fingerprint density at radius 2 is 2.18 bits per heavy atom.